The molecule has 0 aromatic rings. The fourth-order valence-electron chi connectivity index (χ4n) is 1.74. The summed E-state index contributed by atoms with van der Waals surface area (Å²) >= 11 is 0. The zero-order valence-corrected chi connectivity index (χ0v) is 9.75. The normalized spacial score (nSPS) is 11.0. The van der Waals surface area contributed by atoms with E-state index < -0.39 is 5.60 Å². The summed E-state index contributed by atoms with van der Waals surface area (Å²) in [5, 5.41) is 10.2. The standard InChI is InChI=1S/C14H24O/c1-4-7-8-9-10-13-14(15,11-5-2)12-6-3/h4-6,15H,1-3,7-13H2. The van der Waals surface area contributed by atoms with E-state index >= 15 is 0 Å². The van der Waals surface area contributed by atoms with E-state index in [-0.39, 0.29) is 0 Å². The molecule has 0 amide bonds. The SMILES string of the molecule is C=CCCCCCC(O)(CC=C)CC=C. The Balaban J connectivity index is 3.79. The zero-order chi connectivity index (χ0) is 11.6. The van der Waals surface area contributed by atoms with Gasteiger partial charge in [-0.1, -0.05) is 31.1 Å². The molecule has 0 aromatic heterocycles. The third kappa shape index (κ3) is 7.15. The molecule has 0 saturated carbocycles. The van der Waals surface area contributed by atoms with Crippen LogP contribution in [0.1, 0.15) is 44.9 Å². The molecule has 1 N–H and O–H groups in total. The van der Waals surface area contributed by atoms with E-state index in [0.29, 0.717) is 12.8 Å². The van der Waals surface area contributed by atoms with Gasteiger partial charge >= 0.3 is 0 Å². The molecule has 1 nitrogen and oxygen atoms in total. The summed E-state index contributed by atoms with van der Waals surface area (Å²) in [5.74, 6) is 0. The highest BCUT2D eigenvalue weighted by atomic mass is 16.3. The van der Waals surface area contributed by atoms with Gasteiger partial charge in [0.2, 0.25) is 0 Å². The fourth-order valence-corrected chi connectivity index (χ4v) is 1.74. The van der Waals surface area contributed by atoms with E-state index in [0.717, 1.165) is 25.7 Å². The Hall–Kier alpha value is -0.820. The van der Waals surface area contributed by atoms with Crippen molar-refractivity contribution in [1.29, 1.82) is 0 Å². The fraction of sp³-hybridized carbons (Fsp3) is 0.571. The van der Waals surface area contributed by atoms with Crippen LogP contribution in [0.3, 0.4) is 0 Å². The summed E-state index contributed by atoms with van der Waals surface area (Å²) in [6, 6.07) is 0. The lowest BCUT2D eigenvalue weighted by Gasteiger charge is -2.25. The second-order valence-electron chi connectivity index (χ2n) is 4.10. The van der Waals surface area contributed by atoms with Gasteiger partial charge in [-0.3, -0.25) is 0 Å². The molecule has 0 aliphatic carbocycles. The highest BCUT2D eigenvalue weighted by Crippen LogP contribution is 2.24. The molecule has 0 aliphatic heterocycles. The highest BCUT2D eigenvalue weighted by Gasteiger charge is 2.22. The van der Waals surface area contributed by atoms with Crippen LogP contribution >= 0.6 is 0 Å². The third-order valence-electron chi connectivity index (χ3n) is 2.60. The van der Waals surface area contributed by atoms with Gasteiger partial charge in [-0.25, -0.2) is 0 Å². The number of rotatable bonds is 10. The summed E-state index contributed by atoms with van der Waals surface area (Å²) in [5.41, 5.74) is -0.613. The van der Waals surface area contributed by atoms with Gasteiger partial charge in [-0.15, -0.1) is 19.7 Å². The lowest BCUT2D eigenvalue weighted by atomic mass is 9.89. The summed E-state index contributed by atoms with van der Waals surface area (Å²) in [4.78, 5) is 0. The van der Waals surface area contributed by atoms with E-state index in [1.54, 1.807) is 12.2 Å². The molecule has 1 heteroatoms. The predicted octanol–water partition coefficient (Wildman–Crippen LogP) is 4.01. The van der Waals surface area contributed by atoms with Crippen molar-refractivity contribution in [3.05, 3.63) is 38.0 Å². The Morgan fingerprint density at radius 1 is 0.867 bits per heavy atom. The molecule has 0 radical (unpaired) electrons. The van der Waals surface area contributed by atoms with Crippen LogP contribution in [0.4, 0.5) is 0 Å². The number of allylic oxidation sites excluding steroid dienone is 1. The first-order valence-corrected chi connectivity index (χ1v) is 5.73. The second-order valence-corrected chi connectivity index (χ2v) is 4.10. The maximum Gasteiger partial charge on any atom is 0.0716 e. The van der Waals surface area contributed by atoms with E-state index in [1.165, 1.54) is 6.42 Å². The molecule has 0 atom stereocenters. The van der Waals surface area contributed by atoms with Crippen molar-refractivity contribution in [2.45, 2.75) is 50.5 Å². The predicted molar refractivity (Wildman–Crippen MR) is 67.9 cm³/mol. The quantitative estimate of drug-likeness (QED) is 0.425. The Bertz CT molecular complexity index is 184. The molecule has 0 bridgehead atoms. The average Bonchev–Trinajstić information content (AvgIpc) is 2.18. The van der Waals surface area contributed by atoms with Crippen LogP contribution < -0.4 is 0 Å². The monoisotopic (exact) mass is 208 g/mol. The van der Waals surface area contributed by atoms with Gasteiger partial charge in [0.05, 0.1) is 5.60 Å². The minimum absolute atomic E-state index is 0.613. The van der Waals surface area contributed by atoms with Crippen molar-refractivity contribution in [1.82, 2.24) is 0 Å². The van der Waals surface area contributed by atoms with Gasteiger partial charge in [0.25, 0.3) is 0 Å². The first-order valence-electron chi connectivity index (χ1n) is 5.73. The minimum Gasteiger partial charge on any atom is -0.389 e. The summed E-state index contributed by atoms with van der Waals surface area (Å²) < 4.78 is 0. The van der Waals surface area contributed by atoms with Crippen LogP contribution in [0.2, 0.25) is 0 Å². The van der Waals surface area contributed by atoms with Crippen LogP contribution in [0.5, 0.6) is 0 Å². The van der Waals surface area contributed by atoms with Gasteiger partial charge in [0.1, 0.15) is 0 Å². The molecule has 0 saturated heterocycles. The van der Waals surface area contributed by atoms with Crippen molar-refractivity contribution in [3.63, 3.8) is 0 Å². The van der Waals surface area contributed by atoms with Crippen LogP contribution in [-0.4, -0.2) is 10.7 Å². The molecular weight excluding hydrogens is 184 g/mol. The molecule has 86 valence electrons. The van der Waals surface area contributed by atoms with Crippen molar-refractivity contribution in [2.24, 2.45) is 0 Å². The maximum absolute atomic E-state index is 10.2. The van der Waals surface area contributed by atoms with E-state index in [1.807, 2.05) is 6.08 Å². The molecular formula is C14H24O. The van der Waals surface area contributed by atoms with Crippen molar-refractivity contribution < 1.29 is 5.11 Å². The Morgan fingerprint density at radius 3 is 1.93 bits per heavy atom. The second kappa shape index (κ2) is 8.49. The smallest absolute Gasteiger partial charge is 0.0716 e. The molecule has 0 aliphatic rings. The molecule has 0 rings (SSSR count). The molecule has 15 heavy (non-hydrogen) atoms. The third-order valence-corrected chi connectivity index (χ3v) is 2.60. The molecule has 0 heterocycles. The first-order chi connectivity index (χ1) is 7.18. The van der Waals surface area contributed by atoms with Crippen LogP contribution in [0, 0.1) is 0 Å². The number of hydrogen-bond donors (Lipinski definition) is 1. The molecule has 0 unspecified atom stereocenters. The lowest BCUT2D eigenvalue weighted by Crippen LogP contribution is -2.26. The van der Waals surface area contributed by atoms with E-state index in [4.69, 9.17) is 0 Å². The van der Waals surface area contributed by atoms with Crippen molar-refractivity contribution in [2.75, 3.05) is 0 Å². The first kappa shape index (κ1) is 14.2. The van der Waals surface area contributed by atoms with Gasteiger partial charge in [0, 0.05) is 0 Å². The summed E-state index contributed by atoms with van der Waals surface area (Å²) in [7, 11) is 0. The number of hydrogen-bond acceptors (Lipinski definition) is 1. The van der Waals surface area contributed by atoms with Gasteiger partial charge < -0.3 is 5.11 Å². The largest absolute Gasteiger partial charge is 0.389 e. The molecule has 0 fully saturated rings. The van der Waals surface area contributed by atoms with Gasteiger partial charge in [0.15, 0.2) is 0 Å². The minimum atomic E-state index is -0.613. The topological polar surface area (TPSA) is 20.2 Å². The van der Waals surface area contributed by atoms with Crippen molar-refractivity contribution in [3.8, 4) is 0 Å². The summed E-state index contributed by atoms with van der Waals surface area (Å²) in [6.45, 7) is 11.0. The van der Waals surface area contributed by atoms with E-state index in [2.05, 4.69) is 19.7 Å². The Morgan fingerprint density at radius 2 is 1.47 bits per heavy atom. The van der Waals surface area contributed by atoms with E-state index in [9.17, 15) is 5.11 Å². The molecule has 0 aromatic carbocycles. The maximum atomic E-state index is 10.2. The zero-order valence-electron chi connectivity index (χ0n) is 9.75. The average molecular weight is 208 g/mol. The van der Waals surface area contributed by atoms with Crippen LogP contribution in [-0.2, 0) is 0 Å². The summed E-state index contributed by atoms with van der Waals surface area (Å²) in [6.07, 6.45) is 12.1. The lowest BCUT2D eigenvalue weighted by molar-refractivity contribution is 0.0348. The number of aliphatic hydroxyl groups is 1. The van der Waals surface area contributed by atoms with Crippen molar-refractivity contribution >= 4 is 0 Å². The Kier molecular flexibility index (Phi) is 8.02. The number of unbranched alkanes of at least 4 members (excludes halogenated alkanes) is 3. The highest BCUT2D eigenvalue weighted by molar-refractivity contribution is 4.91. The van der Waals surface area contributed by atoms with Gasteiger partial charge in [-0.05, 0) is 32.1 Å². The van der Waals surface area contributed by atoms with Gasteiger partial charge in [-0.2, -0.15) is 0 Å². The molecule has 0 spiro atoms. The Labute approximate surface area is 94.2 Å². The van der Waals surface area contributed by atoms with Crippen LogP contribution in [0.25, 0.3) is 0 Å². The van der Waals surface area contributed by atoms with Crippen LogP contribution in [0.15, 0.2) is 38.0 Å².